The fourth-order valence-electron chi connectivity index (χ4n) is 2.70. The second kappa shape index (κ2) is 11.9. The van der Waals surface area contributed by atoms with E-state index in [-0.39, 0.29) is 24.0 Å². The lowest BCUT2D eigenvalue weighted by atomic mass is 10.1. The van der Waals surface area contributed by atoms with Crippen LogP contribution in [0.4, 0.5) is 0 Å². The average molecular weight is 520 g/mol. The Bertz CT molecular complexity index is 796. The van der Waals surface area contributed by atoms with Crippen molar-refractivity contribution in [3.05, 3.63) is 33.3 Å². The summed E-state index contributed by atoms with van der Waals surface area (Å²) in [5.41, 5.74) is 1.97. The molecule has 0 unspecified atom stereocenters. The van der Waals surface area contributed by atoms with Crippen LogP contribution in [0.3, 0.4) is 0 Å². The van der Waals surface area contributed by atoms with E-state index in [1.54, 1.807) is 32.7 Å². The van der Waals surface area contributed by atoms with E-state index < -0.39 is 0 Å². The average Bonchev–Trinajstić information content (AvgIpc) is 3.00. The predicted octanol–water partition coefficient (Wildman–Crippen LogP) is 3.66. The van der Waals surface area contributed by atoms with E-state index in [4.69, 9.17) is 14.2 Å². The molecule has 156 valence electrons. The third-order valence-electron chi connectivity index (χ3n) is 3.95. The second-order valence-electron chi connectivity index (χ2n) is 5.78. The van der Waals surface area contributed by atoms with E-state index in [2.05, 4.69) is 20.6 Å². The van der Waals surface area contributed by atoms with E-state index in [9.17, 15) is 0 Å². The number of methoxy groups -OCH3 is 3. The molecule has 2 aromatic rings. The Hall–Kier alpha value is -1.75. The quantitative estimate of drug-likeness (QED) is 0.315. The molecule has 0 saturated heterocycles. The molecule has 9 heteroatoms. The maximum atomic E-state index is 5.53. The third kappa shape index (κ3) is 6.13. The lowest BCUT2D eigenvalue weighted by molar-refractivity contribution is 0.322. The molecule has 0 amide bonds. The van der Waals surface area contributed by atoms with Crippen molar-refractivity contribution >= 4 is 41.3 Å². The van der Waals surface area contributed by atoms with Gasteiger partial charge in [0.05, 0.1) is 45.1 Å². The Kier molecular flexibility index (Phi) is 10.4. The summed E-state index contributed by atoms with van der Waals surface area (Å²) >= 11 is 1.70. The SMILES string of the molecule is CCNC(=NCc1ccc(OC)c(OC)c1OC)NCc1sc(C)nc1C.I. The summed E-state index contributed by atoms with van der Waals surface area (Å²) in [5.74, 6) is 2.56. The summed E-state index contributed by atoms with van der Waals surface area (Å²) in [7, 11) is 4.81. The largest absolute Gasteiger partial charge is 0.493 e. The van der Waals surface area contributed by atoms with Gasteiger partial charge in [0.2, 0.25) is 5.75 Å². The summed E-state index contributed by atoms with van der Waals surface area (Å²) < 4.78 is 16.3. The van der Waals surface area contributed by atoms with Crippen molar-refractivity contribution in [1.82, 2.24) is 15.6 Å². The molecule has 2 N–H and O–H groups in total. The zero-order valence-corrected chi connectivity index (χ0v) is 20.4. The fraction of sp³-hybridized carbons (Fsp3) is 0.474. The van der Waals surface area contributed by atoms with Crippen LogP contribution in [0.1, 0.15) is 28.1 Å². The molecule has 28 heavy (non-hydrogen) atoms. The van der Waals surface area contributed by atoms with Crippen molar-refractivity contribution in [2.75, 3.05) is 27.9 Å². The number of aliphatic imine (C=N–C) groups is 1. The van der Waals surface area contributed by atoms with Gasteiger partial charge in [0, 0.05) is 17.0 Å². The monoisotopic (exact) mass is 520 g/mol. The molecule has 0 radical (unpaired) electrons. The number of thiazole rings is 1. The summed E-state index contributed by atoms with van der Waals surface area (Å²) in [6.07, 6.45) is 0. The van der Waals surface area contributed by atoms with Gasteiger partial charge in [0.25, 0.3) is 0 Å². The first-order valence-corrected chi connectivity index (χ1v) is 9.58. The minimum atomic E-state index is 0. The molecule has 0 bridgehead atoms. The van der Waals surface area contributed by atoms with Crippen LogP contribution in [0.5, 0.6) is 17.2 Å². The maximum Gasteiger partial charge on any atom is 0.203 e. The summed E-state index contributed by atoms with van der Waals surface area (Å²) in [6.45, 7) is 7.99. The number of benzene rings is 1. The van der Waals surface area contributed by atoms with Gasteiger partial charge in [-0.3, -0.25) is 0 Å². The molecular weight excluding hydrogens is 491 g/mol. The van der Waals surface area contributed by atoms with Gasteiger partial charge in [-0.1, -0.05) is 0 Å². The number of hydrogen-bond donors (Lipinski definition) is 2. The minimum absolute atomic E-state index is 0. The van der Waals surface area contributed by atoms with Crippen molar-refractivity contribution in [2.24, 2.45) is 4.99 Å². The highest BCUT2D eigenvalue weighted by Gasteiger charge is 2.15. The normalized spacial score (nSPS) is 10.9. The van der Waals surface area contributed by atoms with Crippen LogP contribution in [0.25, 0.3) is 0 Å². The Morgan fingerprint density at radius 3 is 2.32 bits per heavy atom. The highest BCUT2D eigenvalue weighted by molar-refractivity contribution is 14.0. The topological polar surface area (TPSA) is 77.0 Å². The van der Waals surface area contributed by atoms with E-state index >= 15 is 0 Å². The van der Waals surface area contributed by atoms with Gasteiger partial charge < -0.3 is 24.8 Å². The molecule has 0 fully saturated rings. The first-order valence-electron chi connectivity index (χ1n) is 8.76. The molecule has 7 nitrogen and oxygen atoms in total. The van der Waals surface area contributed by atoms with E-state index in [0.29, 0.717) is 30.3 Å². The minimum Gasteiger partial charge on any atom is -0.493 e. The van der Waals surface area contributed by atoms with Crippen LogP contribution in [0.15, 0.2) is 17.1 Å². The van der Waals surface area contributed by atoms with E-state index in [1.165, 1.54) is 4.88 Å². The number of halogens is 1. The van der Waals surface area contributed by atoms with Gasteiger partial charge in [-0.25, -0.2) is 9.98 Å². The predicted molar refractivity (Wildman–Crippen MR) is 125 cm³/mol. The Morgan fingerprint density at radius 1 is 1.07 bits per heavy atom. The van der Waals surface area contributed by atoms with Gasteiger partial charge in [0.15, 0.2) is 17.5 Å². The van der Waals surface area contributed by atoms with Crippen LogP contribution in [-0.2, 0) is 13.1 Å². The third-order valence-corrected chi connectivity index (χ3v) is 5.03. The Morgan fingerprint density at radius 2 is 1.79 bits per heavy atom. The summed E-state index contributed by atoms with van der Waals surface area (Å²) in [6, 6.07) is 3.79. The smallest absolute Gasteiger partial charge is 0.203 e. The molecule has 1 aromatic carbocycles. The molecule has 1 heterocycles. The van der Waals surface area contributed by atoms with Crippen molar-refractivity contribution in [3.8, 4) is 17.2 Å². The van der Waals surface area contributed by atoms with E-state index in [1.807, 2.05) is 32.9 Å². The second-order valence-corrected chi connectivity index (χ2v) is 7.07. The molecule has 0 aliphatic carbocycles. The standard InChI is InChI=1S/C19H28N4O3S.HI/c1-7-20-19(22-11-16-12(2)23-13(3)27-16)21-10-14-8-9-15(24-4)18(26-6)17(14)25-5;/h8-9H,7,10-11H2,1-6H3,(H2,20,21,22);1H. The van der Waals surface area contributed by atoms with E-state index in [0.717, 1.165) is 28.8 Å². The molecule has 0 atom stereocenters. The Labute approximate surface area is 187 Å². The van der Waals surface area contributed by atoms with Gasteiger partial charge in [-0.05, 0) is 32.9 Å². The molecule has 0 aliphatic heterocycles. The van der Waals surface area contributed by atoms with Gasteiger partial charge in [0.1, 0.15) is 0 Å². The number of aromatic nitrogens is 1. The van der Waals surface area contributed by atoms with Gasteiger partial charge >= 0.3 is 0 Å². The van der Waals surface area contributed by atoms with Crippen molar-refractivity contribution in [1.29, 1.82) is 0 Å². The lowest BCUT2D eigenvalue weighted by Crippen LogP contribution is -2.36. The number of rotatable bonds is 8. The maximum absolute atomic E-state index is 5.53. The molecular formula is C19H29IN4O3S. The molecule has 0 aliphatic rings. The number of hydrogen-bond acceptors (Lipinski definition) is 6. The first-order chi connectivity index (χ1) is 13.0. The summed E-state index contributed by atoms with van der Waals surface area (Å²) in [5, 5.41) is 7.70. The highest BCUT2D eigenvalue weighted by atomic mass is 127. The number of ether oxygens (including phenoxy) is 3. The first kappa shape index (κ1) is 24.3. The zero-order chi connectivity index (χ0) is 19.8. The van der Waals surface area contributed by atoms with Crippen molar-refractivity contribution in [3.63, 3.8) is 0 Å². The van der Waals surface area contributed by atoms with Crippen LogP contribution < -0.4 is 24.8 Å². The molecule has 0 saturated carbocycles. The number of nitrogens with one attached hydrogen (secondary N) is 2. The summed E-state index contributed by atoms with van der Waals surface area (Å²) in [4.78, 5) is 10.3. The highest BCUT2D eigenvalue weighted by Crippen LogP contribution is 2.39. The zero-order valence-electron chi connectivity index (χ0n) is 17.2. The number of nitrogens with zero attached hydrogens (tertiary/aromatic N) is 2. The molecule has 2 rings (SSSR count). The van der Waals surface area contributed by atoms with Gasteiger partial charge in [-0.2, -0.15) is 0 Å². The van der Waals surface area contributed by atoms with Crippen molar-refractivity contribution < 1.29 is 14.2 Å². The lowest BCUT2D eigenvalue weighted by Gasteiger charge is -2.15. The molecule has 1 aromatic heterocycles. The number of aryl methyl sites for hydroxylation is 2. The van der Waals surface area contributed by atoms with Gasteiger partial charge in [-0.15, -0.1) is 35.3 Å². The van der Waals surface area contributed by atoms with Crippen LogP contribution in [0.2, 0.25) is 0 Å². The fourth-order valence-corrected chi connectivity index (χ4v) is 3.57. The van der Waals surface area contributed by atoms with Crippen molar-refractivity contribution in [2.45, 2.75) is 33.9 Å². The Balaban J connectivity index is 0.00000392. The molecule has 0 spiro atoms. The number of guanidine groups is 1. The van der Waals surface area contributed by atoms with Crippen LogP contribution in [0, 0.1) is 13.8 Å². The van der Waals surface area contributed by atoms with Crippen LogP contribution in [-0.4, -0.2) is 38.8 Å². The van der Waals surface area contributed by atoms with Crippen LogP contribution >= 0.6 is 35.3 Å².